The Bertz CT molecular complexity index is 904. The Morgan fingerprint density at radius 1 is 0.923 bits per heavy atom. The molecule has 0 spiro atoms. The van der Waals surface area contributed by atoms with Gasteiger partial charge < -0.3 is 15.4 Å². The van der Waals surface area contributed by atoms with Gasteiger partial charge in [0.05, 0.1) is 0 Å². The second-order valence-electron chi connectivity index (χ2n) is 5.94. The molecule has 2 amide bonds. The van der Waals surface area contributed by atoms with Crippen molar-refractivity contribution in [2.45, 2.75) is 19.6 Å². The number of nitrogens with one attached hydrogen (secondary N) is 2. The second kappa shape index (κ2) is 8.16. The lowest BCUT2D eigenvalue weighted by Gasteiger charge is -2.15. The predicted molar refractivity (Wildman–Crippen MR) is 102 cm³/mol. The number of hydrogen-bond acceptors (Lipinski definition) is 3. The van der Waals surface area contributed by atoms with E-state index in [9.17, 15) is 9.59 Å². The summed E-state index contributed by atoms with van der Waals surface area (Å²) < 4.78 is 5.14. The third-order valence-electron chi connectivity index (χ3n) is 3.99. The number of hydrogen-bond donors (Lipinski definition) is 2. The first-order chi connectivity index (χ1) is 12.6. The zero-order chi connectivity index (χ0) is 18.4. The van der Waals surface area contributed by atoms with E-state index in [2.05, 4.69) is 10.6 Å². The van der Waals surface area contributed by atoms with Crippen molar-refractivity contribution in [3.8, 4) is 0 Å². The molecule has 1 atom stereocenters. The number of anilines is 1. The molecule has 3 rings (SSSR count). The van der Waals surface area contributed by atoms with E-state index in [0.29, 0.717) is 5.69 Å². The molecule has 5 heteroatoms. The van der Waals surface area contributed by atoms with E-state index in [1.165, 1.54) is 0 Å². The lowest BCUT2D eigenvalue weighted by atomic mass is 10.1. The zero-order valence-corrected chi connectivity index (χ0v) is 14.4. The van der Waals surface area contributed by atoms with E-state index >= 15 is 0 Å². The highest BCUT2D eigenvalue weighted by molar-refractivity contribution is 6.04. The van der Waals surface area contributed by atoms with E-state index in [-0.39, 0.29) is 12.5 Å². The Kier molecular flexibility index (Phi) is 5.49. The molecule has 3 aromatic carbocycles. The fourth-order valence-corrected chi connectivity index (χ4v) is 2.58. The van der Waals surface area contributed by atoms with Crippen LogP contribution in [0.15, 0.2) is 72.8 Å². The summed E-state index contributed by atoms with van der Waals surface area (Å²) in [6.07, 6.45) is -0.630. The van der Waals surface area contributed by atoms with Gasteiger partial charge in [0.2, 0.25) is 5.91 Å². The number of ether oxygens (including phenoxy) is 1. The number of carbonyl (C=O) groups excluding carboxylic acids is 2. The van der Waals surface area contributed by atoms with Crippen LogP contribution in [0.3, 0.4) is 0 Å². The molecule has 0 aromatic heterocycles. The molecule has 0 bridgehead atoms. The standard InChI is InChI=1S/C21H20N2O3/c1-15(22-21(25)26-14-16-8-3-2-4-9-16)20(24)23-19-13-7-11-17-10-5-6-12-18(17)19/h2-13,15H,14H2,1H3,(H,22,25)(H,23,24)/t15-/m0/s1. The van der Waals surface area contributed by atoms with Gasteiger partial charge in [0.15, 0.2) is 0 Å². The first kappa shape index (κ1) is 17.5. The summed E-state index contributed by atoms with van der Waals surface area (Å²) in [5.41, 5.74) is 1.59. The lowest BCUT2D eigenvalue weighted by molar-refractivity contribution is -0.117. The summed E-state index contributed by atoms with van der Waals surface area (Å²) in [5.74, 6) is -0.307. The van der Waals surface area contributed by atoms with Crippen LogP contribution in [-0.2, 0) is 16.1 Å². The zero-order valence-electron chi connectivity index (χ0n) is 14.4. The highest BCUT2D eigenvalue weighted by atomic mass is 16.5. The van der Waals surface area contributed by atoms with Crippen molar-refractivity contribution >= 4 is 28.5 Å². The highest BCUT2D eigenvalue weighted by Crippen LogP contribution is 2.22. The average Bonchev–Trinajstić information content (AvgIpc) is 2.67. The molecule has 26 heavy (non-hydrogen) atoms. The van der Waals surface area contributed by atoms with Crippen LogP contribution in [0, 0.1) is 0 Å². The van der Waals surface area contributed by atoms with Crippen LogP contribution in [0.4, 0.5) is 10.5 Å². The number of carbonyl (C=O) groups is 2. The van der Waals surface area contributed by atoms with Crippen LogP contribution in [-0.4, -0.2) is 18.0 Å². The minimum Gasteiger partial charge on any atom is -0.445 e. The van der Waals surface area contributed by atoms with Crippen LogP contribution >= 0.6 is 0 Å². The van der Waals surface area contributed by atoms with E-state index in [4.69, 9.17) is 4.74 Å². The minimum atomic E-state index is -0.725. The molecule has 0 radical (unpaired) electrons. The van der Waals surface area contributed by atoms with Crippen LogP contribution in [0.5, 0.6) is 0 Å². The van der Waals surface area contributed by atoms with Crippen molar-refractivity contribution in [1.29, 1.82) is 0 Å². The van der Waals surface area contributed by atoms with Crippen molar-refractivity contribution in [2.24, 2.45) is 0 Å². The van der Waals surface area contributed by atoms with Gasteiger partial charge in [0, 0.05) is 11.1 Å². The maximum absolute atomic E-state index is 12.4. The monoisotopic (exact) mass is 348 g/mol. The molecule has 2 N–H and O–H groups in total. The van der Waals surface area contributed by atoms with Gasteiger partial charge in [-0.2, -0.15) is 0 Å². The van der Waals surface area contributed by atoms with E-state index in [1.807, 2.05) is 72.8 Å². The third-order valence-corrected chi connectivity index (χ3v) is 3.99. The fourth-order valence-electron chi connectivity index (χ4n) is 2.58. The van der Waals surface area contributed by atoms with Crippen LogP contribution in [0.2, 0.25) is 0 Å². The molecule has 132 valence electrons. The summed E-state index contributed by atoms with van der Waals surface area (Å²) in [4.78, 5) is 24.3. The number of fused-ring (bicyclic) bond motifs is 1. The molecule has 0 heterocycles. The van der Waals surface area contributed by atoms with Gasteiger partial charge in [-0.15, -0.1) is 0 Å². The first-order valence-electron chi connectivity index (χ1n) is 8.39. The summed E-state index contributed by atoms with van der Waals surface area (Å²) in [7, 11) is 0. The number of rotatable bonds is 5. The Balaban J connectivity index is 1.56. The summed E-state index contributed by atoms with van der Waals surface area (Å²) in [6, 6.07) is 22.1. The van der Waals surface area contributed by atoms with Crippen LogP contribution in [0.1, 0.15) is 12.5 Å². The molecule has 5 nitrogen and oxygen atoms in total. The van der Waals surface area contributed by atoms with E-state index < -0.39 is 12.1 Å². The normalized spacial score (nSPS) is 11.6. The predicted octanol–water partition coefficient (Wildman–Crippen LogP) is 4.09. The SMILES string of the molecule is C[C@H](NC(=O)OCc1ccccc1)C(=O)Nc1cccc2ccccc12. The Morgan fingerprint density at radius 2 is 1.62 bits per heavy atom. The van der Waals surface area contributed by atoms with Crippen molar-refractivity contribution in [3.63, 3.8) is 0 Å². The van der Waals surface area contributed by atoms with Gasteiger partial charge in [-0.05, 0) is 23.9 Å². The smallest absolute Gasteiger partial charge is 0.408 e. The van der Waals surface area contributed by atoms with Gasteiger partial charge in [0.25, 0.3) is 0 Å². The van der Waals surface area contributed by atoms with Crippen molar-refractivity contribution in [1.82, 2.24) is 5.32 Å². The van der Waals surface area contributed by atoms with Crippen LogP contribution in [0.25, 0.3) is 10.8 Å². The number of amides is 2. The molecule has 0 saturated heterocycles. The van der Waals surface area contributed by atoms with Crippen molar-refractivity contribution in [3.05, 3.63) is 78.4 Å². The van der Waals surface area contributed by atoms with Gasteiger partial charge in [-0.25, -0.2) is 4.79 Å². The Hall–Kier alpha value is -3.34. The maximum atomic E-state index is 12.4. The summed E-state index contributed by atoms with van der Waals surface area (Å²) >= 11 is 0. The first-order valence-corrected chi connectivity index (χ1v) is 8.39. The average molecular weight is 348 g/mol. The molecule has 0 fully saturated rings. The van der Waals surface area contributed by atoms with Gasteiger partial charge >= 0.3 is 6.09 Å². The molecular weight excluding hydrogens is 328 g/mol. The van der Waals surface area contributed by atoms with E-state index in [0.717, 1.165) is 16.3 Å². The molecule has 0 saturated carbocycles. The Morgan fingerprint density at radius 3 is 2.42 bits per heavy atom. The molecule has 0 aliphatic carbocycles. The van der Waals surface area contributed by atoms with Crippen LogP contribution < -0.4 is 10.6 Å². The van der Waals surface area contributed by atoms with Gasteiger partial charge in [-0.3, -0.25) is 4.79 Å². The van der Waals surface area contributed by atoms with Crippen molar-refractivity contribution < 1.29 is 14.3 Å². The molecule has 0 unspecified atom stereocenters. The highest BCUT2D eigenvalue weighted by Gasteiger charge is 2.17. The lowest BCUT2D eigenvalue weighted by Crippen LogP contribution is -2.41. The van der Waals surface area contributed by atoms with E-state index in [1.54, 1.807) is 6.92 Å². The Labute approximate surface area is 152 Å². The summed E-state index contributed by atoms with van der Waals surface area (Å²) in [5, 5.41) is 7.38. The van der Waals surface area contributed by atoms with Gasteiger partial charge in [0.1, 0.15) is 12.6 Å². The molecular formula is C21H20N2O3. The fraction of sp³-hybridized carbons (Fsp3) is 0.143. The maximum Gasteiger partial charge on any atom is 0.408 e. The topological polar surface area (TPSA) is 67.4 Å². The third kappa shape index (κ3) is 4.39. The molecule has 0 aliphatic heterocycles. The largest absolute Gasteiger partial charge is 0.445 e. The number of alkyl carbamates (subject to hydrolysis) is 1. The van der Waals surface area contributed by atoms with Gasteiger partial charge in [-0.1, -0.05) is 66.7 Å². The molecule has 3 aromatic rings. The second-order valence-corrected chi connectivity index (χ2v) is 5.94. The molecule has 0 aliphatic rings. The quantitative estimate of drug-likeness (QED) is 0.730. The minimum absolute atomic E-state index is 0.157. The van der Waals surface area contributed by atoms with Crippen molar-refractivity contribution in [2.75, 3.05) is 5.32 Å². The summed E-state index contributed by atoms with van der Waals surface area (Å²) in [6.45, 7) is 1.77. The number of benzene rings is 3.